The normalized spacial score (nSPS) is 11.9. The van der Waals surface area contributed by atoms with Crippen molar-refractivity contribution >= 4 is 55.0 Å². The van der Waals surface area contributed by atoms with Crippen LogP contribution in [0, 0.1) is 10.1 Å². The number of rotatable bonds is 6. The molecule has 0 bridgehead atoms. The van der Waals surface area contributed by atoms with Crippen LogP contribution in [0.15, 0.2) is 69.9 Å². The largest absolute Gasteiger partial charge is 0.493 e. The summed E-state index contributed by atoms with van der Waals surface area (Å²) in [6.45, 7) is 0.204. The fraction of sp³-hybridized carbons (Fsp3) is 0.0833. The highest BCUT2D eigenvalue weighted by Crippen LogP contribution is 2.37. The SMILES string of the molecule is COc1cc(C=c2sc3nc4ccccc4n3c2=O)cc(Br)c1OCc1ccc([N+](=O)[O-])cc1. The van der Waals surface area contributed by atoms with Crippen molar-refractivity contribution in [3.8, 4) is 11.5 Å². The van der Waals surface area contributed by atoms with Gasteiger partial charge in [-0.15, -0.1) is 0 Å². The van der Waals surface area contributed by atoms with Crippen molar-refractivity contribution < 1.29 is 14.4 Å². The summed E-state index contributed by atoms with van der Waals surface area (Å²) in [5.41, 5.74) is 3.01. The van der Waals surface area contributed by atoms with Crippen LogP contribution in [0.2, 0.25) is 0 Å². The molecule has 5 rings (SSSR count). The zero-order chi connectivity index (χ0) is 23.8. The third kappa shape index (κ3) is 4.02. The number of para-hydroxylation sites is 2. The maximum absolute atomic E-state index is 13.0. The van der Waals surface area contributed by atoms with E-state index in [4.69, 9.17) is 9.47 Å². The average molecular weight is 538 g/mol. The fourth-order valence-electron chi connectivity index (χ4n) is 3.60. The summed E-state index contributed by atoms with van der Waals surface area (Å²) in [5, 5.41) is 10.8. The Morgan fingerprint density at radius 2 is 1.94 bits per heavy atom. The third-order valence-corrected chi connectivity index (χ3v) is 6.78. The van der Waals surface area contributed by atoms with Gasteiger partial charge in [0.05, 0.1) is 32.1 Å². The standard InChI is InChI=1S/C24H16BrN3O5S/c1-32-20-11-15(10-17(25)22(20)33-13-14-6-8-16(9-7-14)28(30)31)12-21-23(29)27-19-5-3-2-4-18(19)26-24(27)34-21/h2-12H,13H2,1H3. The van der Waals surface area contributed by atoms with Gasteiger partial charge in [0.1, 0.15) is 6.61 Å². The smallest absolute Gasteiger partial charge is 0.274 e. The molecule has 0 radical (unpaired) electrons. The Morgan fingerprint density at radius 1 is 1.18 bits per heavy atom. The summed E-state index contributed by atoms with van der Waals surface area (Å²) in [7, 11) is 1.54. The van der Waals surface area contributed by atoms with E-state index in [9.17, 15) is 14.9 Å². The van der Waals surface area contributed by atoms with Crippen LogP contribution < -0.4 is 19.6 Å². The van der Waals surface area contributed by atoms with Crippen molar-refractivity contribution in [2.24, 2.45) is 0 Å². The van der Waals surface area contributed by atoms with Crippen LogP contribution in [0.4, 0.5) is 5.69 Å². The molecule has 0 spiro atoms. The molecular weight excluding hydrogens is 522 g/mol. The van der Waals surface area contributed by atoms with Crippen molar-refractivity contribution in [1.82, 2.24) is 9.38 Å². The molecule has 5 aromatic rings. The van der Waals surface area contributed by atoms with Crippen LogP contribution in [0.25, 0.3) is 22.1 Å². The van der Waals surface area contributed by atoms with E-state index in [0.29, 0.717) is 25.5 Å². The molecule has 0 aliphatic rings. The Hall–Kier alpha value is -3.76. The van der Waals surface area contributed by atoms with Crippen molar-refractivity contribution in [2.75, 3.05) is 7.11 Å². The molecule has 170 valence electrons. The molecular formula is C24H16BrN3O5S. The van der Waals surface area contributed by atoms with E-state index in [1.165, 1.54) is 30.6 Å². The minimum Gasteiger partial charge on any atom is -0.493 e. The zero-order valence-corrected chi connectivity index (χ0v) is 20.1. The van der Waals surface area contributed by atoms with Crippen LogP contribution >= 0.6 is 27.3 Å². The number of ether oxygens (including phenoxy) is 2. The van der Waals surface area contributed by atoms with Gasteiger partial charge in [0.15, 0.2) is 16.5 Å². The Bertz CT molecular complexity index is 1660. The Balaban J connectivity index is 1.46. The number of nitro benzene ring substituents is 1. The summed E-state index contributed by atoms with van der Waals surface area (Å²) in [5.74, 6) is 0.981. The predicted octanol–water partition coefficient (Wildman–Crippen LogP) is 4.72. The lowest BCUT2D eigenvalue weighted by molar-refractivity contribution is -0.384. The van der Waals surface area contributed by atoms with Gasteiger partial charge >= 0.3 is 0 Å². The van der Waals surface area contributed by atoms with Gasteiger partial charge in [-0.05, 0) is 69.5 Å². The Morgan fingerprint density at radius 3 is 2.68 bits per heavy atom. The van der Waals surface area contributed by atoms with E-state index in [-0.39, 0.29) is 17.9 Å². The number of benzene rings is 3. The predicted molar refractivity (Wildman–Crippen MR) is 134 cm³/mol. The number of imidazole rings is 1. The molecule has 0 saturated carbocycles. The second-order valence-electron chi connectivity index (χ2n) is 7.38. The molecule has 0 saturated heterocycles. The summed E-state index contributed by atoms with van der Waals surface area (Å²) < 4.78 is 14.3. The maximum atomic E-state index is 13.0. The van der Waals surface area contributed by atoms with Gasteiger partial charge in [-0.3, -0.25) is 14.9 Å². The number of thiazole rings is 1. The third-order valence-electron chi connectivity index (χ3n) is 5.23. The van der Waals surface area contributed by atoms with Crippen LogP contribution in [0.1, 0.15) is 11.1 Å². The molecule has 0 atom stereocenters. The minimum absolute atomic E-state index is 0.0224. The molecule has 0 aliphatic carbocycles. The minimum atomic E-state index is -0.444. The van der Waals surface area contributed by atoms with Gasteiger partial charge in [-0.25, -0.2) is 9.38 Å². The van der Waals surface area contributed by atoms with E-state index in [0.717, 1.165) is 22.2 Å². The van der Waals surface area contributed by atoms with Crippen molar-refractivity contribution in [3.05, 3.63) is 101 Å². The van der Waals surface area contributed by atoms with Gasteiger partial charge in [-0.2, -0.15) is 0 Å². The summed E-state index contributed by atoms with van der Waals surface area (Å²) in [6, 6.07) is 17.3. The first kappa shape index (κ1) is 22.1. The van der Waals surface area contributed by atoms with E-state index in [1.54, 1.807) is 28.7 Å². The van der Waals surface area contributed by atoms with E-state index in [2.05, 4.69) is 20.9 Å². The number of halogens is 1. The van der Waals surface area contributed by atoms with Crippen molar-refractivity contribution in [3.63, 3.8) is 0 Å². The van der Waals surface area contributed by atoms with Crippen LogP contribution in [0.3, 0.4) is 0 Å². The molecule has 2 heterocycles. The number of hydrogen-bond acceptors (Lipinski definition) is 7. The summed E-state index contributed by atoms with van der Waals surface area (Å²) in [6.07, 6.45) is 1.80. The van der Waals surface area contributed by atoms with Crippen LogP contribution in [-0.2, 0) is 6.61 Å². The van der Waals surface area contributed by atoms with Gasteiger partial charge in [0.25, 0.3) is 11.2 Å². The number of non-ortho nitro benzene ring substituents is 1. The molecule has 0 fully saturated rings. The van der Waals surface area contributed by atoms with Gasteiger partial charge < -0.3 is 9.47 Å². The lowest BCUT2D eigenvalue weighted by Crippen LogP contribution is -2.22. The number of aromatic nitrogens is 2. The van der Waals surface area contributed by atoms with E-state index < -0.39 is 4.92 Å². The molecule has 10 heteroatoms. The number of methoxy groups -OCH3 is 1. The van der Waals surface area contributed by atoms with Gasteiger partial charge in [0, 0.05) is 12.1 Å². The Kier molecular flexibility index (Phi) is 5.76. The highest BCUT2D eigenvalue weighted by Gasteiger charge is 2.14. The van der Waals surface area contributed by atoms with E-state index in [1.807, 2.05) is 30.3 Å². The molecule has 0 unspecified atom stereocenters. The number of hydrogen-bond donors (Lipinski definition) is 0. The monoisotopic (exact) mass is 537 g/mol. The van der Waals surface area contributed by atoms with Gasteiger partial charge in [0.2, 0.25) is 0 Å². The quantitative estimate of drug-likeness (QED) is 0.230. The molecule has 2 aromatic heterocycles. The topological polar surface area (TPSA) is 96.0 Å². The first-order valence-electron chi connectivity index (χ1n) is 10.1. The second-order valence-corrected chi connectivity index (χ2v) is 9.24. The number of nitro groups is 1. The summed E-state index contributed by atoms with van der Waals surface area (Å²) in [4.78, 5) is 28.6. The zero-order valence-electron chi connectivity index (χ0n) is 17.7. The lowest BCUT2D eigenvalue weighted by Gasteiger charge is -2.13. The summed E-state index contributed by atoms with van der Waals surface area (Å²) >= 11 is 4.86. The first-order valence-corrected chi connectivity index (χ1v) is 11.7. The lowest BCUT2D eigenvalue weighted by atomic mass is 10.2. The molecule has 34 heavy (non-hydrogen) atoms. The molecule has 0 amide bonds. The maximum Gasteiger partial charge on any atom is 0.274 e. The number of fused-ring (bicyclic) bond motifs is 3. The van der Waals surface area contributed by atoms with Crippen molar-refractivity contribution in [2.45, 2.75) is 6.61 Å². The Labute approximate surface area is 205 Å². The highest BCUT2D eigenvalue weighted by molar-refractivity contribution is 9.10. The van der Waals surface area contributed by atoms with E-state index >= 15 is 0 Å². The van der Waals surface area contributed by atoms with Crippen LogP contribution in [0.5, 0.6) is 11.5 Å². The van der Waals surface area contributed by atoms with Gasteiger partial charge in [-0.1, -0.05) is 23.5 Å². The molecule has 3 aromatic carbocycles. The number of nitrogens with zero attached hydrogens (tertiary/aromatic N) is 3. The first-order chi connectivity index (χ1) is 16.4. The molecule has 0 aliphatic heterocycles. The molecule has 0 N–H and O–H groups in total. The second kappa shape index (κ2) is 8.88. The van der Waals surface area contributed by atoms with Crippen molar-refractivity contribution in [1.29, 1.82) is 0 Å². The average Bonchev–Trinajstić information content (AvgIpc) is 3.34. The van der Waals surface area contributed by atoms with Crippen LogP contribution in [-0.4, -0.2) is 21.4 Å². The highest BCUT2D eigenvalue weighted by atomic mass is 79.9. The fourth-order valence-corrected chi connectivity index (χ4v) is 5.16. The molecule has 8 nitrogen and oxygen atoms in total.